The van der Waals surface area contributed by atoms with Gasteiger partial charge >= 0.3 is 18.0 Å². The SMILES string of the molecule is CCc1nn(Cc2ccc(-c3noc(C(F)(F)F)n3)cc2)cc1OC(C)=O. The number of alkyl halides is 3. The van der Waals surface area contributed by atoms with Crippen molar-refractivity contribution in [1.29, 1.82) is 0 Å². The summed E-state index contributed by atoms with van der Waals surface area (Å²) in [6.45, 7) is 3.61. The van der Waals surface area contributed by atoms with Crippen LogP contribution in [0.4, 0.5) is 13.2 Å². The number of nitrogens with zero attached hydrogens (tertiary/aromatic N) is 4. The number of rotatable bonds is 5. The van der Waals surface area contributed by atoms with E-state index in [1.807, 2.05) is 6.92 Å². The van der Waals surface area contributed by atoms with Gasteiger partial charge in [0.25, 0.3) is 0 Å². The van der Waals surface area contributed by atoms with Crippen LogP contribution in [0.25, 0.3) is 11.4 Å². The molecule has 0 fully saturated rings. The quantitative estimate of drug-likeness (QED) is 0.630. The zero-order chi connectivity index (χ0) is 19.6. The van der Waals surface area contributed by atoms with Crippen molar-refractivity contribution >= 4 is 5.97 Å². The van der Waals surface area contributed by atoms with Crippen LogP contribution in [0.15, 0.2) is 35.0 Å². The average molecular weight is 380 g/mol. The van der Waals surface area contributed by atoms with Crippen molar-refractivity contribution in [2.45, 2.75) is 33.0 Å². The Hall–Kier alpha value is -3.17. The molecule has 0 spiro atoms. The molecule has 2 aromatic heterocycles. The third-order valence-electron chi connectivity index (χ3n) is 3.61. The highest BCUT2D eigenvalue weighted by Gasteiger charge is 2.38. The van der Waals surface area contributed by atoms with Crippen molar-refractivity contribution in [3.63, 3.8) is 0 Å². The molecule has 2 heterocycles. The fraction of sp³-hybridized carbons (Fsp3) is 0.294. The van der Waals surface area contributed by atoms with Gasteiger partial charge in [-0.05, 0) is 12.0 Å². The van der Waals surface area contributed by atoms with Crippen LogP contribution in [0.5, 0.6) is 5.75 Å². The van der Waals surface area contributed by atoms with Crippen molar-refractivity contribution in [3.05, 3.63) is 47.6 Å². The van der Waals surface area contributed by atoms with Gasteiger partial charge in [-0.2, -0.15) is 23.3 Å². The summed E-state index contributed by atoms with van der Waals surface area (Å²) in [5, 5.41) is 7.71. The van der Waals surface area contributed by atoms with Crippen LogP contribution in [0.3, 0.4) is 0 Å². The van der Waals surface area contributed by atoms with Gasteiger partial charge in [0.1, 0.15) is 5.69 Å². The molecule has 3 aromatic rings. The van der Waals surface area contributed by atoms with Gasteiger partial charge in [-0.25, -0.2) is 0 Å². The first-order valence-electron chi connectivity index (χ1n) is 8.01. The number of halogens is 3. The zero-order valence-electron chi connectivity index (χ0n) is 14.4. The summed E-state index contributed by atoms with van der Waals surface area (Å²) in [7, 11) is 0. The second kappa shape index (κ2) is 7.22. The van der Waals surface area contributed by atoms with Gasteiger partial charge in [0.15, 0.2) is 5.75 Å². The van der Waals surface area contributed by atoms with Gasteiger partial charge in [-0.3, -0.25) is 9.48 Å². The van der Waals surface area contributed by atoms with Crippen LogP contribution in [-0.2, 0) is 23.9 Å². The lowest BCUT2D eigenvalue weighted by Gasteiger charge is -2.02. The molecular weight excluding hydrogens is 365 g/mol. The number of carbonyl (C=O) groups is 1. The number of hydrogen-bond acceptors (Lipinski definition) is 6. The molecular formula is C17H15F3N4O3. The maximum atomic E-state index is 12.5. The molecule has 0 aliphatic rings. The lowest BCUT2D eigenvalue weighted by Crippen LogP contribution is -2.04. The molecule has 7 nitrogen and oxygen atoms in total. The molecule has 0 saturated heterocycles. The van der Waals surface area contributed by atoms with Gasteiger partial charge in [0.2, 0.25) is 5.82 Å². The number of ether oxygens (including phenoxy) is 1. The van der Waals surface area contributed by atoms with Crippen molar-refractivity contribution in [2.24, 2.45) is 0 Å². The highest BCUT2D eigenvalue weighted by molar-refractivity contribution is 5.69. The minimum Gasteiger partial charge on any atom is -0.423 e. The maximum absolute atomic E-state index is 12.5. The van der Waals surface area contributed by atoms with E-state index < -0.39 is 18.0 Å². The summed E-state index contributed by atoms with van der Waals surface area (Å²) in [6, 6.07) is 6.63. The highest BCUT2D eigenvalue weighted by Crippen LogP contribution is 2.29. The van der Waals surface area contributed by atoms with Crippen LogP contribution in [0, 0.1) is 0 Å². The minimum atomic E-state index is -4.68. The van der Waals surface area contributed by atoms with Gasteiger partial charge in [0.05, 0.1) is 12.7 Å². The van der Waals surface area contributed by atoms with E-state index in [2.05, 4.69) is 19.8 Å². The number of carbonyl (C=O) groups excluding carboxylic acids is 1. The van der Waals surface area contributed by atoms with Crippen molar-refractivity contribution in [2.75, 3.05) is 0 Å². The molecule has 0 amide bonds. The fourth-order valence-corrected chi connectivity index (χ4v) is 2.41. The van der Waals surface area contributed by atoms with E-state index in [9.17, 15) is 18.0 Å². The summed E-state index contributed by atoms with van der Waals surface area (Å²) in [5.41, 5.74) is 1.90. The van der Waals surface area contributed by atoms with Crippen LogP contribution in [0.1, 0.15) is 31.0 Å². The molecule has 0 saturated carbocycles. The van der Waals surface area contributed by atoms with Gasteiger partial charge < -0.3 is 9.26 Å². The molecule has 1 aromatic carbocycles. The molecule has 0 atom stereocenters. The van der Waals surface area contributed by atoms with E-state index in [-0.39, 0.29) is 5.82 Å². The first-order chi connectivity index (χ1) is 12.8. The van der Waals surface area contributed by atoms with Crippen LogP contribution in [0.2, 0.25) is 0 Å². The van der Waals surface area contributed by atoms with E-state index in [1.54, 1.807) is 35.1 Å². The Morgan fingerprint density at radius 1 is 1.26 bits per heavy atom. The Labute approximate surface area is 151 Å². The number of aryl methyl sites for hydroxylation is 1. The maximum Gasteiger partial charge on any atom is 0.471 e. The van der Waals surface area contributed by atoms with Crippen LogP contribution in [-0.4, -0.2) is 25.9 Å². The Bertz CT molecular complexity index is 945. The summed E-state index contributed by atoms with van der Waals surface area (Å²) < 4.78 is 48.6. The van der Waals surface area contributed by atoms with E-state index in [1.165, 1.54) is 6.92 Å². The Kier molecular flexibility index (Phi) is 4.98. The molecule has 0 unspecified atom stereocenters. The number of esters is 1. The normalized spacial score (nSPS) is 11.6. The summed E-state index contributed by atoms with van der Waals surface area (Å²) in [4.78, 5) is 14.5. The topological polar surface area (TPSA) is 83.0 Å². The van der Waals surface area contributed by atoms with E-state index in [0.29, 0.717) is 30.0 Å². The third-order valence-corrected chi connectivity index (χ3v) is 3.61. The second-order valence-electron chi connectivity index (χ2n) is 5.70. The molecule has 10 heteroatoms. The van der Waals surface area contributed by atoms with Gasteiger partial charge in [-0.1, -0.05) is 36.3 Å². The molecule has 3 rings (SSSR count). The Morgan fingerprint density at radius 2 is 1.96 bits per heavy atom. The zero-order valence-corrected chi connectivity index (χ0v) is 14.4. The van der Waals surface area contributed by atoms with Gasteiger partial charge in [-0.15, -0.1) is 0 Å². The molecule has 0 bridgehead atoms. The molecule has 0 aliphatic heterocycles. The smallest absolute Gasteiger partial charge is 0.423 e. The van der Waals surface area contributed by atoms with Crippen molar-refractivity contribution in [3.8, 4) is 17.1 Å². The summed E-state index contributed by atoms with van der Waals surface area (Å²) in [5.74, 6) is -1.54. The number of aromatic nitrogens is 4. The summed E-state index contributed by atoms with van der Waals surface area (Å²) in [6.07, 6.45) is -2.45. The minimum absolute atomic E-state index is 0.140. The van der Waals surface area contributed by atoms with Crippen molar-refractivity contribution in [1.82, 2.24) is 19.9 Å². The predicted molar refractivity (Wildman–Crippen MR) is 86.8 cm³/mol. The highest BCUT2D eigenvalue weighted by atomic mass is 19.4. The van der Waals surface area contributed by atoms with Gasteiger partial charge in [0, 0.05) is 12.5 Å². The molecule has 0 aliphatic carbocycles. The number of hydrogen-bond donors (Lipinski definition) is 0. The first kappa shape index (κ1) is 18.6. The Morgan fingerprint density at radius 3 is 2.52 bits per heavy atom. The first-order valence-corrected chi connectivity index (χ1v) is 8.01. The van der Waals surface area contributed by atoms with Crippen LogP contribution < -0.4 is 4.74 Å². The van der Waals surface area contributed by atoms with Crippen LogP contribution >= 0.6 is 0 Å². The molecule has 142 valence electrons. The summed E-state index contributed by atoms with van der Waals surface area (Å²) >= 11 is 0. The fourth-order valence-electron chi connectivity index (χ4n) is 2.41. The molecule has 27 heavy (non-hydrogen) atoms. The Balaban J connectivity index is 1.75. The van der Waals surface area contributed by atoms with E-state index in [0.717, 1.165) is 5.56 Å². The third kappa shape index (κ3) is 4.33. The lowest BCUT2D eigenvalue weighted by atomic mass is 10.1. The molecule has 0 N–H and O–H groups in total. The van der Waals surface area contributed by atoms with E-state index in [4.69, 9.17) is 4.74 Å². The number of benzene rings is 1. The molecule has 0 radical (unpaired) electrons. The average Bonchev–Trinajstić information content (AvgIpc) is 3.22. The monoisotopic (exact) mass is 380 g/mol. The predicted octanol–water partition coefficient (Wildman–Crippen LogP) is 3.49. The van der Waals surface area contributed by atoms with E-state index >= 15 is 0 Å². The van der Waals surface area contributed by atoms with Crippen molar-refractivity contribution < 1.29 is 27.2 Å². The second-order valence-corrected chi connectivity index (χ2v) is 5.70. The lowest BCUT2D eigenvalue weighted by molar-refractivity contribution is -0.159. The largest absolute Gasteiger partial charge is 0.471 e. The standard InChI is InChI=1S/C17H15F3N4O3/c1-3-13-14(26-10(2)25)9-24(22-13)8-11-4-6-12(7-5-11)15-21-16(27-23-15)17(18,19)20/h4-7,9H,3,8H2,1-2H3.